The summed E-state index contributed by atoms with van der Waals surface area (Å²) < 4.78 is 39.2. The van der Waals surface area contributed by atoms with Gasteiger partial charge in [-0.25, -0.2) is 17.1 Å². The van der Waals surface area contributed by atoms with Crippen molar-refractivity contribution >= 4 is 33.2 Å². The molecule has 1 N–H and O–H groups in total. The highest BCUT2D eigenvalue weighted by molar-refractivity contribution is 7.89. The molecule has 0 spiro atoms. The van der Waals surface area contributed by atoms with E-state index in [0.29, 0.717) is 23.9 Å². The molecule has 2 aromatic carbocycles. The second-order valence-corrected chi connectivity index (χ2v) is 10.7. The minimum atomic E-state index is -3.70. The molecule has 0 radical (unpaired) electrons. The largest absolute Gasteiger partial charge is 0.371 e. The zero-order valence-electron chi connectivity index (χ0n) is 18.4. The predicted octanol–water partition coefficient (Wildman–Crippen LogP) is 3.83. The van der Waals surface area contributed by atoms with E-state index in [4.69, 9.17) is 11.6 Å². The fraction of sp³-hybridized carbons (Fsp3) is 0.435. The summed E-state index contributed by atoms with van der Waals surface area (Å²) in [5.41, 5.74) is 2.32. The number of nitrogens with zero attached hydrogens (tertiary/aromatic N) is 2. The summed E-state index contributed by atoms with van der Waals surface area (Å²) in [5, 5.41) is 3.69. The molecular weight excluding hydrogens is 453 g/mol. The quantitative estimate of drug-likeness (QED) is 0.591. The van der Waals surface area contributed by atoms with Crippen LogP contribution in [-0.2, 0) is 14.8 Å². The molecule has 0 aromatic heterocycles. The van der Waals surface area contributed by atoms with Crippen LogP contribution >= 0.6 is 11.6 Å². The standard InChI is InChI=1S/C23H29ClFN3O3S/c1-17-5-6-19(24)14-22(17)28-13-11-18(16-28)15-26-23(29)4-3-12-27(2)32(30,31)21-9-7-20(25)8-10-21/h5-10,14,18H,3-4,11-13,15-16H2,1-2H3,(H,26,29). The van der Waals surface area contributed by atoms with Crippen molar-refractivity contribution in [2.75, 3.05) is 38.1 Å². The molecule has 1 aliphatic heterocycles. The molecule has 174 valence electrons. The molecule has 0 aliphatic carbocycles. The lowest BCUT2D eigenvalue weighted by atomic mass is 10.1. The Hall–Kier alpha value is -2.16. The first-order chi connectivity index (χ1) is 15.2. The lowest BCUT2D eigenvalue weighted by Gasteiger charge is -2.21. The van der Waals surface area contributed by atoms with Crippen LogP contribution in [0.5, 0.6) is 0 Å². The highest BCUT2D eigenvalue weighted by Gasteiger charge is 2.24. The van der Waals surface area contributed by atoms with E-state index >= 15 is 0 Å². The monoisotopic (exact) mass is 481 g/mol. The number of sulfonamides is 1. The van der Waals surface area contributed by atoms with Gasteiger partial charge in [0.05, 0.1) is 4.90 Å². The molecule has 1 fully saturated rings. The number of carbonyl (C=O) groups excluding carboxylic acids is 1. The van der Waals surface area contributed by atoms with E-state index in [2.05, 4.69) is 17.1 Å². The molecule has 1 unspecified atom stereocenters. The molecule has 0 saturated carbocycles. The normalized spacial score (nSPS) is 16.5. The van der Waals surface area contributed by atoms with E-state index in [1.807, 2.05) is 18.2 Å². The average molecular weight is 482 g/mol. The van der Waals surface area contributed by atoms with E-state index in [0.717, 1.165) is 37.3 Å². The second kappa shape index (κ2) is 10.6. The maximum atomic E-state index is 13.0. The molecule has 1 amide bonds. The summed E-state index contributed by atoms with van der Waals surface area (Å²) in [5.74, 6) is -0.217. The minimum Gasteiger partial charge on any atom is -0.371 e. The van der Waals surface area contributed by atoms with Crippen molar-refractivity contribution in [1.29, 1.82) is 0 Å². The third-order valence-electron chi connectivity index (χ3n) is 5.78. The Morgan fingerprint density at radius 1 is 1.25 bits per heavy atom. The van der Waals surface area contributed by atoms with Crippen LogP contribution in [0.3, 0.4) is 0 Å². The summed E-state index contributed by atoms with van der Waals surface area (Å²) in [6, 6.07) is 10.6. The van der Waals surface area contributed by atoms with E-state index in [9.17, 15) is 17.6 Å². The number of aryl methyl sites for hydroxylation is 1. The van der Waals surface area contributed by atoms with Crippen LogP contribution in [0.1, 0.15) is 24.8 Å². The number of anilines is 1. The van der Waals surface area contributed by atoms with Crippen LogP contribution in [-0.4, -0.2) is 51.9 Å². The van der Waals surface area contributed by atoms with Crippen molar-refractivity contribution in [3.05, 3.63) is 58.9 Å². The molecule has 1 saturated heterocycles. The van der Waals surface area contributed by atoms with Crippen LogP contribution in [0, 0.1) is 18.7 Å². The van der Waals surface area contributed by atoms with Gasteiger partial charge in [-0.1, -0.05) is 17.7 Å². The average Bonchev–Trinajstić information content (AvgIpc) is 3.23. The number of nitrogens with one attached hydrogen (secondary N) is 1. The summed E-state index contributed by atoms with van der Waals surface area (Å²) in [4.78, 5) is 14.6. The van der Waals surface area contributed by atoms with Crippen molar-refractivity contribution in [2.24, 2.45) is 5.92 Å². The van der Waals surface area contributed by atoms with Gasteiger partial charge < -0.3 is 10.2 Å². The highest BCUT2D eigenvalue weighted by Crippen LogP contribution is 2.29. The molecule has 1 heterocycles. The van der Waals surface area contributed by atoms with Crippen LogP contribution in [0.4, 0.5) is 10.1 Å². The van der Waals surface area contributed by atoms with E-state index in [-0.39, 0.29) is 23.8 Å². The van der Waals surface area contributed by atoms with Crippen molar-refractivity contribution < 1.29 is 17.6 Å². The maximum absolute atomic E-state index is 13.0. The van der Waals surface area contributed by atoms with E-state index in [1.54, 1.807) is 0 Å². The first kappa shape index (κ1) is 24.5. The number of halogens is 2. The highest BCUT2D eigenvalue weighted by atomic mass is 35.5. The van der Waals surface area contributed by atoms with Gasteiger partial charge in [-0.05, 0) is 67.6 Å². The predicted molar refractivity (Wildman–Crippen MR) is 125 cm³/mol. The minimum absolute atomic E-state index is 0.0339. The Bertz CT molecular complexity index is 1050. The number of hydrogen-bond donors (Lipinski definition) is 1. The molecule has 2 aromatic rings. The summed E-state index contributed by atoms with van der Waals surface area (Å²) >= 11 is 6.13. The lowest BCUT2D eigenvalue weighted by molar-refractivity contribution is -0.121. The number of hydrogen-bond acceptors (Lipinski definition) is 4. The molecule has 6 nitrogen and oxygen atoms in total. The third-order valence-corrected chi connectivity index (χ3v) is 7.89. The maximum Gasteiger partial charge on any atom is 0.242 e. The number of benzene rings is 2. The molecule has 32 heavy (non-hydrogen) atoms. The first-order valence-electron chi connectivity index (χ1n) is 10.7. The second-order valence-electron chi connectivity index (χ2n) is 8.22. The zero-order valence-corrected chi connectivity index (χ0v) is 19.9. The summed E-state index contributed by atoms with van der Waals surface area (Å²) in [6.45, 7) is 4.65. The smallest absolute Gasteiger partial charge is 0.242 e. The molecule has 1 atom stereocenters. The van der Waals surface area contributed by atoms with Crippen molar-refractivity contribution in [3.63, 3.8) is 0 Å². The molecule has 3 rings (SSSR count). The van der Waals surface area contributed by atoms with Crippen LogP contribution < -0.4 is 10.2 Å². The van der Waals surface area contributed by atoms with Crippen molar-refractivity contribution in [2.45, 2.75) is 31.1 Å². The van der Waals surface area contributed by atoms with Crippen LogP contribution in [0.15, 0.2) is 47.4 Å². The van der Waals surface area contributed by atoms with Gasteiger partial charge >= 0.3 is 0 Å². The number of rotatable bonds is 9. The van der Waals surface area contributed by atoms with Gasteiger partial charge in [0.15, 0.2) is 0 Å². The topological polar surface area (TPSA) is 69.7 Å². The number of carbonyl (C=O) groups is 1. The van der Waals surface area contributed by atoms with E-state index < -0.39 is 15.8 Å². The van der Waals surface area contributed by atoms with Crippen LogP contribution in [0.25, 0.3) is 0 Å². The molecule has 1 aliphatic rings. The van der Waals surface area contributed by atoms with Gasteiger partial charge in [0, 0.05) is 50.4 Å². The Morgan fingerprint density at radius 3 is 2.69 bits per heavy atom. The molecule has 0 bridgehead atoms. The Kier molecular flexibility index (Phi) is 8.14. The van der Waals surface area contributed by atoms with Gasteiger partial charge in [0.25, 0.3) is 0 Å². The molecule has 9 heteroatoms. The van der Waals surface area contributed by atoms with Gasteiger partial charge in [-0.3, -0.25) is 4.79 Å². The lowest BCUT2D eigenvalue weighted by Crippen LogP contribution is -2.32. The summed E-state index contributed by atoms with van der Waals surface area (Å²) in [7, 11) is -2.24. The van der Waals surface area contributed by atoms with Gasteiger partial charge in [0.1, 0.15) is 5.82 Å². The van der Waals surface area contributed by atoms with Crippen molar-refractivity contribution in [1.82, 2.24) is 9.62 Å². The summed E-state index contributed by atoms with van der Waals surface area (Å²) in [6.07, 6.45) is 1.64. The first-order valence-corrected chi connectivity index (χ1v) is 12.5. The SMILES string of the molecule is Cc1ccc(Cl)cc1N1CCC(CNC(=O)CCCN(C)S(=O)(=O)c2ccc(F)cc2)C1. The molecular formula is C23H29ClFN3O3S. The Morgan fingerprint density at radius 2 is 1.97 bits per heavy atom. The number of amides is 1. The van der Waals surface area contributed by atoms with Gasteiger partial charge in [-0.15, -0.1) is 0 Å². The zero-order chi connectivity index (χ0) is 23.3. The van der Waals surface area contributed by atoms with Gasteiger partial charge in [0.2, 0.25) is 15.9 Å². The van der Waals surface area contributed by atoms with Gasteiger partial charge in [-0.2, -0.15) is 0 Å². The Labute approximate surface area is 194 Å². The third kappa shape index (κ3) is 6.21. The fourth-order valence-electron chi connectivity index (χ4n) is 3.86. The van der Waals surface area contributed by atoms with E-state index in [1.165, 1.54) is 29.0 Å². The van der Waals surface area contributed by atoms with Crippen LogP contribution in [0.2, 0.25) is 5.02 Å². The Balaban J connectivity index is 1.40. The van der Waals surface area contributed by atoms with Crippen molar-refractivity contribution in [3.8, 4) is 0 Å². The fourth-order valence-corrected chi connectivity index (χ4v) is 5.23.